The van der Waals surface area contributed by atoms with Crippen molar-refractivity contribution in [2.24, 2.45) is 11.8 Å². The van der Waals surface area contributed by atoms with E-state index in [2.05, 4.69) is 37.9 Å². The van der Waals surface area contributed by atoms with Crippen molar-refractivity contribution in [3.05, 3.63) is 65.5 Å². The van der Waals surface area contributed by atoms with Crippen molar-refractivity contribution >= 4 is 23.9 Å². The van der Waals surface area contributed by atoms with Crippen LogP contribution in [0.1, 0.15) is 48.4 Å². The summed E-state index contributed by atoms with van der Waals surface area (Å²) in [6.45, 7) is 5.28. The minimum Gasteiger partial charge on any atom is -0.481 e. The molecule has 2 amide bonds. The maximum atomic E-state index is 12.5. The number of carbonyl (C=O) groups excluding carboxylic acids is 2. The van der Waals surface area contributed by atoms with Gasteiger partial charge in [-0.2, -0.15) is 4.98 Å². The maximum Gasteiger partial charge on any atom is 0.414 e. The Morgan fingerprint density at radius 2 is 1.63 bits per heavy atom. The number of nitrogens with one attached hydrogen (secondary N) is 3. The minimum atomic E-state index is -0.997. The topological polar surface area (TPSA) is 146 Å². The van der Waals surface area contributed by atoms with E-state index >= 15 is 0 Å². The van der Waals surface area contributed by atoms with Gasteiger partial charge >= 0.3 is 12.1 Å². The van der Waals surface area contributed by atoms with Gasteiger partial charge in [-0.15, -0.1) is 5.10 Å². The fraction of sp³-hybridized carbons (Fsp3) is 0.320. The van der Waals surface area contributed by atoms with Crippen LogP contribution in [-0.4, -0.2) is 50.9 Å². The van der Waals surface area contributed by atoms with E-state index in [4.69, 9.17) is 4.74 Å². The van der Waals surface area contributed by atoms with E-state index in [1.54, 1.807) is 20.8 Å². The summed E-state index contributed by atoms with van der Waals surface area (Å²) in [6.07, 6.45) is -0.753. The molecule has 0 aliphatic heterocycles. The molecule has 35 heavy (non-hydrogen) atoms. The first kappa shape index (κ1) is 23.9. The standard InChI is InChI=1S/C25H27N5O5/c1-13(2)20(23(32)33)14(3)26-22(31)21-27-24(30-29-21)28-25(34)35-12-19-17-10-6-4-8-15(17)16-9-5-7-11-18(16)19/h4-11,13-14,19-20H,12H2,1-3H3,(H,26,31)(H,32,33)(H2,27,28,29,30,34). The van der Waals surface area contributed by atoms with Crippen LogP contribution in [0.3, 0.4) is 0 Å². The lowest BCUT2D eigenvalue weighted by Crippen LogP contribution is -2.43. The van der Waals surface area contributed by atoms with Crippen LogP contribution < -0.4 is 10.6 Å². The van der Waals surface area contributed by atoms with Crippen molar-refractivity contribution in [1.82, 2.24) is 20.5 Å². The second kappa shape index (κ2) is 9.96. The van der Waals surface area contributed by atoms with Gasteiger partial charge in [0.05, 0.1) is 5.92 Å². The van der Waals surface area contributed by atoms with E-state index in [-0.39, 0.29) is 30.2 Å². The highest BCUT2D eigenvalue weighted by molar-refractivity contribution is 5.92. The Bertz CT molecular complexity index is 1210. The highest BCUT2D eigenvalue weighted by Crippen LogP contribution is 2.44. The Balaban J connectivity index is 1.35. The van der Waals surface area contributed by atoms with Crippen LogP contribution in [0.25, 0.3) is 11.1 Å². The molecule has 1 aromatic heterocycles. The molecule has 10 nitrogen and oxygen atoms in total. The largest absolute Gasteiger partial charge is 0.481 e. The van der Waals surface area contributed by atoms with Crippen molar-refractivity contribution in [2.45, 2.75) is 32.7 Å². The van der Waals surface area contributed by atoms with Crippen LogP contribution in [0.4, 0.5) is 10.7 Å². The molecular weight excluding hydrogens is 450 g/mol. The number of carbonyl (C=O) groups is 3. The summed E-state index contributed by atoms with van der Waals surface area (Å²) in [5.41, 5.74) is 4.43. The van der Waals surface area contributed by atoms with Crippen LogP contribution in [0.2, 0.25) is 0 Å². The van der Waals surface area contributed by atoms with E-state index < -0.39 is 29.9 Å². The number of benzene rings is 2. The first-order valence-corrected chi connectivity index (χ1v) is 11.3. The number of anilines is 1. The lowest BCUT2D eigenvalue weighted by molar-refractivity contribution is -0.144. The van der Waals surface area contributed by atoms with Crippen molar-refractivity contribution < 1.29 is 24.2 Å². The van der Waals surface area contributed by atoms with Gasteiger partial charge in [-0.3, -0.25) is 20.0 Å². The molecule has 2 aromatic carbocycles. The number of amides is 2. The molecule has 0 radical (unpaired) electrons. The SMILES string of the molecule is CC(C)C(C(=O)O)C(C)NC(=O)c1nc(NC(=O)OCC2c3ccccc3-c3ccccc32)n[nH]1. The van der Waals surface area contributed by atoms with E-state index in [1.807, 2.05) is 36.4 Å². The molecule has 1 aliphatic carbocycles. The van der Waals surface area contributed by atoms with Gasteiger partial charge in [0, 0.05) is 12.0 Å². The van der Waals surface area contributed by atoms with E-state index in [0.29, 0.717) is 0 Å². The number of carboxylic acid groups (broad SMARTS) is 1. The van der Waals surface area contributed by atoms with Gasteiger partial charge in [0.2, 0.25) is 5.82 Å². The second-order valence-electron chi connectivity index (χ2n) is 8.83. The summed E-state index contributed by atoms with van der Waals surface area (Å²) in [6, 6.07) is 15.4. The highest BCUT2D eigenvalue weighted by atomic mass is 16.5. The number of fused-ring (bicyclic) bond motifs is 3. The predicted molar refractivity (Wildman–Crippen MR) is 128 cm³/mol. The first-order valence-electron chi connectivity index (χ1n) is 11.3. The minimum absolute atomic E-state index is 0.0914. The second-order valence-corrected chi connectivity index (χ2v) is 8.83. The number of H-pyrrole nitrogens is 1. The zero-order chi connectivity index (χ0) is 25.1. The molecule has 0 saturated heterocycles. The molecular formula is C25H27N5O5. The van der Waals surface area contributed by atoms with E-state index in [9.17, 15) is 19.5 Å². The lowest BCUT2D eigenvalue weighted by Gasteiger charge is -2.23. The molecule has 2 atom stereocenters. The Hall–Kier alpha value is -4.21. The summed E-state index contributed by atoms with van der Waals surface area (Å²) in [5.74, 6) is -2.94. The molecule has 1 aliphatic rings. The van der Waals surface area contributed by atoms with Crippen LogP contribution >= 0.6 is 0 Å². The summed E-state index contributed by atoms with van der Waals surface area (Å²) < 4.78 is 5.45. The summed E-state index contributed by atoms with van der Waals surface area (Å²) in [4.78, 5) is 40.3. The quantitative estimate of drug-likeness (QED) is 0.387. The Labute approximate surface area is 202 Å². The number of aliphatic carboxylic acids is 1. The average molecular weight is 478 g/mol. The number of nitrogens with zero attached hydrogens (tertiary/aromatic N) is 2. The zero-order valence-corrected chi connectivity index (χ0v) is 19.6. The number of rotatable bonds is 8. The Kier molecular flexibility index (Phi) is 6.81. The fourth-order valence-electron chi connectivity index (χ4n) is 4.59. The number of hydrogen-bond donors (Lipinski definition) is 4. The summed E-state index contributed by atoms with van der Waals surface area (Å²) in [5, 5.41) is 20.7. The van der Waals surface area contributed by atoms with Crippen molar-refractivity contribution in [2.75, 3.05) is 11.9 Å². The van der Waals surface area contributed by atoms with Gasteiger partial charge in [-0.05, 0) is 35.1 Å². The highest BCUT2D eigenvalue weighted by Gasteiger charge is 2.31. The number of hydrogen-bond acceptors (Lipinski definition) is 6. The first-order chi connectivity index (χ1) is 16.8. The number of ether oxygens (including phenoxy) is 1. The lowest BCUT2D eigenvalue weighted by atomic mass is 9.89. The zero-order valence-electron chi connectivity index (χ0n) is 19.6. The third-order valence-electron chi connectivity index (χ3n) is 6.16. The fourth-order valence-corrected chi connectivity index (χ4v) is 4.59. The normalized spacial score (nSPS) is 14.1. The molecule has 2 unspecified atom stereocenters. The van der Waals surface area contributed by atoms with Gasteiger partial charge in [-0.25, -0.2) is 4.79 Å². The molecule has 182 valence electrons. The van der Waals surface area contributed by atoms with Gasteiger partial charge in [0.1, 0.15) is 6.61 Å². The van der Waals surface area contributed by atoms with E-state index in [1.165, 1.54) is 0 Å². The molecule has 3 aromatic rings. The van der Waals surface area contributed by atoms with Crippen LogP contribution in [0.15, 0.2) is 48.5 Å². The third-order valence-corrected chi connectivity index (χ3v) is 6.16. The smallest absolute Gasteiger partial charge is 0.414 e. The van der Waals surface area contributed by atoms with Gasteiger partial charge in [-0.1, -0.05) is 62.4 Å². The van der Waals surface area contributed by atoms with Crippen LogP contribution in [-0.2, 0) is 9.53 Å². The average Bonchev–Trinajstić information content (AvgIpc) is 3.40. The predicted octanol–water partition coefficient (Wildman–Crippen LogP) is 3.64. The number of carboxylic acids is 1. The molecule has 4 rings (SSSR count). The molecule has 4 N–H and O–H groups in total. The molecule has 10 heteroatoms. The molecule has 0 saturated carbocycles. The molecule has 0 bridgehead atoms. The molecule has 0 spiro atoms. The summed E-state index contributed by atoms with van der Waals surface area (Å²) >= 11 is 0. The van der Waals surface area contributed by atoms with Gasteiger partial charge in [0.15, 0.2) is 0 Å². The maximum absolute atomic E-state index is 12.5. The Morgan fingerprint density at radius 1 is 1.03 bits per heavy atom. The third kappa shape index (κ3) is 5.01. The van der Waals surface area contributed by atoms with Crippen LogP contribution in [0, 0.1) is 11.8 Å². The number of aromatic nitrogens is 3. The Morgan fingerprint density at radius 3 is 2.20 bits per heavy atom. The van der Waals surface area contributed by atoms with Crippen molar-refractivity contribution in [1.29, 1.82) is 0 Å². The molecule has 1 heterocycles. The van der Waals surface area contributed by atoms with Crippen LogP contribution in [0.5, 0.6) is 0 Å². The van der Waals surface area contributed by atoms with Crippen molar-refractivity contribution in [3.8, 4) is 11.1 Å². The summed E-state index contributed by atoms with van der Waals surface area (Å²) in [7, 11) is 0. The van der Waals surface area contributed by atoms with Crippen molar-refractivity contribution in [3.63, 3.8) is 0 Å². The van der Waals surface area contributed by atoms with Gasteiger partial charge in [0.25, 0.3) is 11.9 Å². The number of aromatic amines is 1. The monoisotopic (exact) mass is 477 g/mol. The molecule has 0 fully saturated rings. The van der Waals surface area contributed by atoms with E-state index in [0.717, 1.165) is 22.3 Å². The van der Waals surface area contributed by atoms with Gasteiger partial charge < -0.3 is 15.2 Å².